The third-order valence-electron chi connectivity index (χ3n) is 3.43. The number of nitrogens with zero attached hydrogens (tertiary/aromatic N) is 2. The highest BCUT2D eigenvalue weighted by Crippen LogP contribution is 2.19. The van der Waals surface area contributed by atoms with Crippen LogP contribution in [0.15, 0.2) is 59.1 Å². The van der Waals surface area contributed by atoms with Gasteiger partial charge in [-0.25, -0.2) is 0 Å². The number of aromatic nitrogens is 2. The zero-order valence-electron chi connectivity index (χ0n) is 12.3. The molecule has 0 saturated carbocycles. The zero-order valence-corrected chi connectivity index (χ0v) is 12.3. The average Bonchev–Trinajstić information content (AvgIpc) is 3.04. The van der Waals surface area contributed by atoms with Gasteiger partial charge >= 0.3 is 0 Å². The van der Waals surface area contributed by atoms with Crippen LogP contribution in [0.2, 0.25) is 0 Å². The Labute approximate surface area is 128 Å². The Hall–Kier alpha value is -2.66. The SMILES string of the molecule is COc1ccc(Cc2noc(C(N)c3ccccc3)n2)cc1. The van der Waals surface area contributed by atoms with Crippen molar-refractivity contribution in [2.75, 3.05) is 7.11 Å². The van der Waals surface area contributed by atoms with Gasteiger partial charge in [-0.2, -0.15) is 4.98 Å². The summed E-state index contributed by atoms with van der Waals surface area (Å²) < 4.78 is 10.4. The number of hydrogen-bond acceptors (Lipinski definition) is 5. The van der Waals surface area contributed by atoms with Crippen LogP contribution in [0.5, 0.6) is 5.75 Å². The number of hydrogen-bond donors (Lipinski definition) is 1. The Kier molecular flexibility index (Phi) is 4.16. The second-order valence-electron chi connectivity index (χ2n) is 4.96. The first-order chi connectivity index (χ1) is 10.8. The highest BCUT2D eigenvalue weighted by Gasteiger charge is 2.16. The lowest BCUT2D eigenvalue weighted by molar-refractivity contribution is 0.363. The largest absolute Gasteiger partial charge is 0.497 e. The maximum atomic E-state index is 6.15. The minimum atomic E-state index is -0.404. The van der Waals surface area contributed by atoms with E-state index in [9.17, 15) is 0 Å². The van der Waals surface area contributed by atoms with Gasteiger partial charge < -0.3 is 15.0 Å². The summed E-state index contributed by atoms with van der Waals surface area (Å²) in [5.74, 6) is 1.87. The van der Waals surface area contributed by atoms with Crippen molar-refractivity contribution >= 4 is 0 Å². The van der Waals surface area contributed by atoms with Crippen LogP contribution in [-0.4, -0.2) is 17.3 Å². The zero-order chi connectivity index (χ0) is 15.4. The first kappa shape index (κ1) is 14.3. The van der Waals surface area contributed by atoms with Crippen LogP contribution in [0.1, 0.15) is 28.9 Å². The maximum Gasteiger partial charge on any atom is 0.248 e. The lowest BCUT2D eigenvalue weighted by Crippen LogP contribution is -2.12. The molecule has 3 aromatic rings. The Morgan fingerprint density at radius 3 is 2.50 bits per heavy atom. The number of nitrogens with two attached hydrogens (primary N) is 1. The van der Waals surface area contributed by atoms with Crippen molar-refractivity contribution in [2.24, 2.45) is 5.73 Å². The first-order valence-corrected chi connectivity index (χ1v) is 7.02. The van der Waals surface area contributed by atoms with Crippen molar-refractivity contribution in [1.82, 2.24) is 10.1 Å². The van der Waals surface area contributed by atoms with Crippen molar-refractivity contribution in [3.05, 3.63) is 77.4 Å². The Morgan fingerprint density at radius 2 is 1.82 bits per heavy atom. The molecule has 2 aromatic carbocycles. The summed E-state index contributed by atoms with van der Waals surface area (Å²) in [6, 6.07) is 17.1. The molecular formula is C17H17N3O2. The lowest BCUT2D eigenvalue weighted by Gasteiger charge is -2.05. The van der Waals surface area contributed by atoms with Gasteiger partial charge in [-0.15, -0.1) is 0 Å². The van der Waals surface area contributed by atoms with E-state index in [1.54, 1.807) is 7.11 Å². The first-order valence-electron chi connectivity index (χ1n) is 7.02. The van der Waals surface area contributed by atoms with E-state index in [4.69, 9.17) is 15.0 Å². The fraction of sp³-hybridized carbons (Fsp3) is 0.176. The standard InChI is InChI=1S/C17H17N3O2/c1-21-14-9-7-12(8-10-14)11-15-19-17(22-20-15)16(18)13-5-3-2-4-6-13/h2-10,16H,11,18H2,1H3. The fourth-order valence-electron chi connectivity index (χ4n) is 2.19. The molecule has 1 aromatic heterocycles. The molecule has 112 valence electrons. The molecule has 22 heavy (non-hydrogen) atoms. The highest BCUT2D eigenvalue weighted by atomic mass is 16.5. The summed E-state index contributed by atoms with van der Waals surface area (Å²) >= 11 is 0. The van der Waals surface area contributed by atoms with E-state index in [-0.39, 0.29) is 0 Å². The monoisotopic (exact) mass is 295 g/mol. The van der Waals surface area contributed by atoms with Gasteiger partial charge in [0.2, 0.25) is 5.89 Å². The molecule has 0 aliphatic rings. The molecule has 5 nitrogen and oxygen atoms in total. The van der Waals surface area contributed by atoms with Crippen LogP contribution in [0, 0.1) is 0 Å². The van der Waals surface area contributed by atoms with Gasteiger partial charge in [0.1, 0.15) is 11.8 Å². The molecule has 0 aliphatic carbocycles. The van der Waals surface area contributed by atoms with Crippen LogP contribution in [0.4, 0.5) is 0 Å². The average molecular weight is 295 g/mol. The molecule has 5 heteroatoms. The van der Waals surface area contributed by atoms with E-state index in [1.165, 1.54) is 0 Å². The predicted molar refractivity (Wildman–Crippen MR) is 82.6 cm³/mol. The molecular weight excluding hydrogens is 278 g/mol. The van der Waals surface area contributed by atoms with Gasteiger partial charge in [0, 0.05) is 6.42 Å². The van der Waals surface area contributed by atoms with Crippen molar-refractivity contribution in [1.29, 1.82) is 0 Å². The van der Waals surface area contributed by atoms with E-state index >= 15 is 0 Å². The highest BCUT2D eigenvalue weighted by molar-refractivity contribution is 5.29. The molecule has 0 spiro atoms. The van der Waals surface area contributed by atoms with Crippen molar-refractivity contribution < 1.29 is 9.26 Å². The molecule has 1 heterocycles. The second kappa shape index (κ2) is 6.41. The van der Waals surface area contributed by atoms with E-state index in [0.29, 0.717) is 18.1 Å². The normalized spacial score (nSPS) is 12.1. The number of benzene rings is 2. The number of rotatable bonds is 5. The smallest absolute Gasteiger partial charge is 0.248 e. The van der Waals surface area contributed by atoms with Gasteiger partial charge in [0.05, 0.1) is 7.11 Å². The fourth-order valence-corrected chi connectivity index (χ4v) is 2.19. The van der Waals surface area contributed by atoms with E-state index in [1.807, 2.05) is 54.6 Å². The van der Waals surface area contributed by atoms with E-state index in [2.05, 4.69) is 10.1 Å². The van der Waals surface area contributed by atoms with Gasteiger partial charge in [0.15, 0.2) is 5.82 Å². The molecule has 0 bridgehead atoms. The predicted octanol–water partition coefficient (Wildman–Crippen LogP) is 2.72. The maximum absolute atomic E-state index is 6.15. The molecule has 1 atom stereocenters. The molecule has 0 aliphatic heterocycles. The molecule has 0 fully saturated rings. The summed E-state index contributed by atoms with van der Waals surface area (Å²) in [5.41, 5.74) is 8.18. The van der Waals surface area contributed by atoms with Crippen molar-refractivity contribution in [2.45, 2.75) is 12.5 Å². The van der Waals surface area contributed by atoms with Crippen LogP contribution < -0.4 is 10.5 Å². The summed E-state index contributed by atoms with van der Waals surface area (Å²) in [7, 11) is 1.64. The minimum Gasteiger partial charge on any atom is -0.497 e. The van der Waals surface area contributed by atoms with E-state index in [0.717, 1.165) is 16.9 Å². The van der Waals surface area contributed by atoms with Crippen LogP contribution >= 0.6 is 0 Å². The van der Waals surface area contributed by atoms with Crippen LogP contribution in [-0.2, 0) is 6.42 Å². The molecule has 0 radical (unpaired) electrons. The quantitative estimate of drug-likeness (QED) is 0.783. The summed E-state index contributed by atoms with van der Waals surface area (Å²) in [5, 5.41) is 4.00. The lowest BCUT2D eigenvalue weighted by atomic mass is 10.1. The molecule has 0 amide bonds. The van der Waals surface area contributed by atoms with Crippen molar-refractivity contribution in [3.8, 4) is 5.75 Å². The molecule has 2 N–H and O–H groups in total. The summed E-state index contributed by atoms with van der Waals surface area (Å²) in [6.07, 6.45) is 0.592. The van der Waals surface area contributed by atoms with Crippen LogP contribution in [0.3, 0.4) is 0 Å². The Balaban J connectivity index is 1.73. The topological polar surface area (TPSA) is 74.2 Å². The van der Waals surface area contributed by atoms with Gasteiger partial charge in [-0.3, -0.25) is 0 Å². The molecule has 0 saturated heterocycles. The number of ether oxygens (including phenoxy) is 1. The Morgan fingerprint density at radius 1 is 1.09 bits per heavy atom. The van der Waals surface area contributed by atoms with E-state index < -0.39 is 6.04 Å². The summed E-state index contributed by atoms with van der Waals surface area (Å²) in [6.45, 7) is 0. The van der Waals surface area contributed by atoms with Gasteiger partial charge in [-0.05, 0) is 23.3 Å². The van der Waals surface area contributed by atoms with Gasteiger partial charge in [-0.1, -0.05) is 47.6 Å². The second-order valence-corrected chi connectivity index (χ2v) is 4.96. The van der Waals surface area contributed by atoms with Gasteiger partial charge in [0.25, 0.3) is 0 Å². The van der Waals surface area contributed by atoms with Crippen molar-refractivity contribution in [3.63, 3.8) is 0 Å². The minimum absolute atomic E-state index is 0.404. The third kappa shape index (κ3) is 3.15. The van der Waals surface area contributed by atoms with Crippen LogP contribution in [0.25, 0.3) is 0 Å². The summed E-state index contributed by atoms with van der Waals surface area (Å²) in [4.78, 5) is 4.39. The Bertz CT molecular complexity index is 723. The molecule has 3 rings (SSSR count). The number of methoxy groups -OCH3 is 1. The molecule has 1 unspecified atom stereocenters. The third-order valence-corrected chi connectivity index (χ3v) is 3.43.